The molecule has 1 amide bonds. The van der Waals surface area contributed by atoms with Crippen molar-refractivity contribution >= 4 is 11.9 Å². The Bertz CT molecular complexity index is 878. The summed E-state index contributed by atoms with van der Waals surface area (Å²) >= 11 is 0. The Labute approximate surface area is 184 Å². The lowest BCUT2D eigenvalue weighted by atomic mass is 9.99. The maximum Gasteiger partial charge on any atom is 0.258 e. The number of hydrogen-bond donors (Lipinski definition) is 2. The van der Waals surface area contributed by atoms with Crippen LogP contribution in [-0.2, 0) is 11.2 Å². The molecule has 1 unspecified atom stereocenters. The Hall–Kier alpha value is -3.02. The molecule has 1 atom stereocenters. The summed E-state index contributed by atoms with van der Waals surface area (Å²) in [7, 11) is 1.85. The van der Waals surface area contributed by atoms with E-state index in [1.165, 1.54) is 11.1 Å². The van der Waals surface area contributed by atoms with Gasteiger partial charge in [-0.2, -0.15) is 0 Å². The number of nitrogens with zero attached hydrogens (tertiary/aromatic N) is 2. The quantitative estimate of drug-likeness (QED) is 0.509. The van der Waals surface area contributed by atoms with Gasteiger partial charge in [0.2, 0.25) is 0 Å². The number of hydrogen-bond acceptors (Lipinski definition) is 3. The van der Waals surface area contributed by atoms with Crippen LogP contribution in [0, 0.1) is 0 Å². The van der Waals surface area contributed by atoms with Gasteiger partial charge in [-0.15, -0.1) is 0 Å². The summed E-state index contributed by atoms with van der Waals surface area (Å²) in [6, 6.07) is 19.1. The summed E-state index contributed by atoms with van der Waals surface area (Å²) in [6.45, 7) is 2.93. The van der Waals surface area contributed by atoms with Crippen molar-refractivity contribution in [1.82, 2.24) is 15.5 Å². The largest absolute Gasteiger partial charge is 0.484 e. The lowest BCUT2D eigenvalue weighted by molar-refractivity contribution is -0.123. The summed E-state index contributed by atoms with van der Waals surface area (Å²) in [6.07, 6.45) is 4.23. The molecule has 2 aliphatic rings. The third kappa shape index (κ3) is 6.23. The number of ether oxygens (including phenoxy) is 1. The van der Waals surface area contributed by atoms with E-state index in [0.717, 1.165) is 57.0 Å². The predicted molar refractivity (Wildman–Crippen MR) is 124 cm³/mol. The van der Waals surface area contributed by atoms with Gasteiger partial charge in [0, 0.05) is 38.6 Å². The van der Waals surface area contributed by atoms with Gasteiger partial charge in [-0.25, -0.2) is 0 Å². The van der Waals surface area contributed by atoms with Gasteiger partial charge in [0.25, 0.3) is 5.91 Å². The van der Waals surface area contributed by atoms with Crippen molar-refractivity contribution in [1.29, 1.82) is 0 Å². The first-order valence-electron chi connectivity index (χ1n) is 11.2. The van der Waals surface area contributed by atoms with E-state index < -0.39 is 0 Å². The van der Waals surface area contributed by atoms with Crippen LogP contribution >= 0.6 is 0 Å². The van der Waals surface area contributed by atoms with Gasteiger partial charge in [-0.05, 0) is 48.9 Å². The number of rotatable bonds is 8. The topological polar surface area (TPSA) is 66.0 Å². The molecule has 1 aliphatic carbocycles. The van der Waals surface area contributed by atoms with Gasteiger partial charge < -0.3 is 20.3 Å². The second-order valence-electron chi connectivity index (χ2n) is 8.34. The predicted octanol–water partition coefficient (Wildman–Crippen LogP) is 2.95. The van der Waals surface area contributed by atoms with Crippen LogP contribution in [0.25, 0.3) is 0 Å². The lowest BCUT2D eigenvalue weighted by Gasteiger charge is -2.22. The molecule has 31 heavy (non-hydrogen) atoms. The molecular formula is C25H32N4O2. The molecule has 2 aromatic rings. The van der Waals surface area contributed by atoms with E-state index in [1.807, 2.05) is 19.2 Å². The lowest BCUT2D eigenvalue weighted by Crippen LogP contribution is -2.40. The van der Waals surface area contributed by atoms with Gasteiger partial charge in [0.15, 0.2) is 12.6 Å². The molecule has 0 bridgehead atoms. The van der Waals surface area contributed by atoms with E-state index in [-0.39, 0.29) is 12.5 Å². The molecule has 0 spiro atoms. The highest BCUT2D eigenvalue weighted by molar-refractivity contribution is 5.80. The number of carbonyl (C=O) groups is 1. The average Bonchev–Trinajstić information content (AvgIpc) is 3.48. The number of carbonyl (C=O) groups excluding carboxylic acids is 1. The molecular weight excluding hydrogens is 388 g/mol. The minimum Gasteiger partial charge on any atom is -0.484 e. The van der Waals surface area contributed by atoms with Crippen molar-refractivity contribution in [3.8, 4) is 5.75 Å². The molecule has 6 heteroatoms. The molecule has 0 aromatic heterocycles. The monoisotopic (exact) mass is 420 g/mol. The van der Waals surface area contributed by atoms with E-state index in [1.54, 1.807) is 0 Å². The molecule has 164 valence electrons. The average molecular weight is 421 g/mol. The van der Waals surface area contributed by atoms with Gasteiger partial charge in [-0.3, -0.25) is 9.79 Å². The smallest absolute Gasteiger partial charge is 0.258 e. The van der Waals surface area contributed by atoms with Gasteiger partial charge >= 0.3 is 0 Å². The van der Waals surface area contributed by atoms with E-state index in [2.05, 4.69) is 63.0 Å². The maximum absolute atomic E-state index is 11.7. The van der Waals surface area contributed by atoms with Crippen LogP contribution in [0.1, 0.15) is 36.3 Å². The highest BCUT2D eigenvalue weighted by atomic mass is 16.5. The Morgan fingerprint density at radius 2 is 1.87 bits per heavy atom. The second kappa shape index (κ2) is 10.3. The van der Waals surface area contributed by atoms with Crippen molar-refractivity contribution in [2.75, 3.05) is 33.3 Å². The molecule has 6 nitrogen and oxygen atoms in total. The molecule has 4 rings (SSSR count). The summed E-state index contributed by atoms with van der Waals surface area (Å²) in [5, 5.41) is 6.43. The molecule has 1 heterocycles. The Balaban J connectivity index is 1.19. The number of likely N-dealkylation sites (tertiary alicyclic amines) is 1. The van der Waals surface area contributed by atoms with Crippen molar-refractivity contribution in [2.45, 2.75) is 37.6 Å². The molecule has 1 saturated carbocycles. The molecule has 2 N–H and O–H groups in total. The minimum atomic E-state index is -0.0430. The van der Waals surface area contributed by atoms with Gasteiger partial charge in [-0.1, -0.05) is 42.5 Å². The van der Waals surface area contributed by atoms with Gasteiger partial charge in [0.05, 0.1) is 0 Å². The number of nitrogens with one attached hydrogen (secondary N) is 2. The fourth-order valence-corrected chi connectivity index (χ4v) is 4.00. The SMILES string of the molecule is CN=C(NCCc1ccc(OCC(=O)NC2CC2)cc1)N1CCC(c2ccccc2)C1. The standard InChI is InChI=1S/C25H32N4O2/c1-26-25(29-16-14-21(17-29)20-5-3-2-4-6-20)27-15-13-19-7-11-23(12-8-19)31-18-24(30)28-22-9-10-22/h2-8,11-12,21-22H,9-10,13-18H2,1H3,(H,26,27)(H,28,30). The van der Waals surface area contributed by atoms with Crippen molar-refractivity contribution < 1.29 is 9.53 Å². The van der Waals surface area contributed by atoms with Crippen LogP contribution in [0.4, 0.5) is 0 Å². The zero-order chi connectivity index (χ0) is 21.5. The summed E-state index contributed by atoms with van der Waals surface area (Å²) in [4.78, 5) is 18.5. The molecule has 2 fully saturated rings. The summed E-state index contributed by atoms with van der Waals surface area (Å²) < 4.78 is 5.57. The fourth-order valence-electron chi connectivity index (χ4n) is 4.00. The van der Waals surface area contributed by atoms with E-state index in [9.17, 15) is 4.79 Å². The number of aliphatic imine (C=N–C) groups is 1. The minimum absolute atomic E-state index is 0.0430. The van der Waals surface area contributed by atoms with Crippen molar-refractivity contribution in [3.63, 3.8) is 0 Å². The second-order valence-corrected chi connectivity index (χ2v) is 8.34. The molecule has 2 aromatic carbocycles. The van der Waals surface area contributed by atoms with E-state index in [0.29, 0.717) is 12.0 Å². The molecule has 0 radical (unpaired) electrons. The van der Waals surface area contributed by atoms with Crippen LogP contribution in [0.2, 0.25) is 0 Å². The Kier molecular flexibility index (Phi) is 7.07. The van der Waals surface area contributed by atoms with E-state index in [4.69, 9.17) is 4.74 Å². The fraction of sp³-hybridized carbons (Fsp3) is 0.440. The Morgan fingerprint density at radius 1 is 1.10 bits per heavy atom. The van der Waals surface area contributed by atoms with Crippen LogP contribution in [0.15, 0.2) is 59.6 Å². The molecule has 1 saturated heterocycles. The zero-order valence-corrected chi connectivity index (χ0v) is 18.2. The van der Waals surface area contributed by atoms with Crippen molar-refractivity contribution in [2.24, 2.45) is 4.99 Å². The maximum atomic E-state index is 11.7. The third-order valence-corrected chi connectivity index (χ3v) is 5.90. The number of guanidine groups is 1. The summed E-state index contributed by atoms with van der Waals surface area (Å²) in [5.74, 6) is 2.22. The van der Waals surface area contributed by atoms with Crippen LogP contribution < -0.4 is 15.4 Å². The first-order chi connectivity index (χ1) is 15.2. The zero-order valence-electron chi connectivity index (χ0n) is 18.2. The van der Waals surface area contributed by atoms with Crippen LogP contribution in [-0.4, -0.2) is 56.1 Å². The number of amides is 1. The Morgan fingerprint density at radius 3 is 2.58 bits per heavy atom. The van der Waals surface area contributed by atoms with Gasteiger partial charge in [0.1, 0.15) is 5.75 Å². The normalized spacial score (nSPS) is 18.7. The number of benzene rings is 2. The van der Waals surface area contributed by atoms with Crippen LogP contribution in [0.5, 0.6) is 5.75 Å². The van der Waals surface area contributed by atoms with Crippen molar-refractivity contribution in [3.05, 3.63) is 65.7 Å². The summed E-state index contributed by atoms with van der Waals surface area (Å²) in [5.41, 5.74) is 2.63. The van der Waals surface area contributed by atoms with Crippen LogP contribution in [0.3, 0.4) is 0 Å². The first-order valence-corrected chi connectivity index (χ1v) is 11.2. The highest BCUT2D eigenvalue weighted by Gasteiger charge is 2.26. The first kappa shape index (κ1) is 21.2. The van der Waals surface area contributed by atoms with E-state index >= 15 is 0 Å². The molecule has 1 aliphatic heterocycles. The third-order valence-electron chi connectivity index (χ3n) is 5.90. The highest BCUT2D eigenvalue weighted by Crippen LogP contribution is 2.26.